The molecule has 2 nitrogen and oxygen atoms in total. The molecule has 1 fully saturated rings. The standard InChI is InChI=1S/C15H12O2/c16-14-10-3-1-2-4-11(10)15(17)13-9-6-5-8(7-9)12(13)14/h1-6,8-9,12-13H,7H2/t8-,9+,12-,13?/m1/s1. The predicted molar refractivity (Wildman–Crippen MR) is 62.8 cm³/mol. The number of hydrogen-bond acceptors (Lipinski definition) is 2. The maximum absolute atomic E-state index is 12.4. The lowest BCUT2D eigenvalue weighted by atomic mass is 9.69. The summed E-state index contributed by atoms with van der Waals surface area (Å²) in [5.74, 6) is 0.813. The Labute approximate surface area is 99.3 Å². The number of carbonyl (C=O) groups is 2. The Morgan fingerprint density at radius 3 is 1.76 bits per heavy atom. The smallest absolute Gasteiger partial charge is 0.168 e. The van der Waals surface area contributed by atoms with Crippen LogP contribution in [0.25, 0.3) is 0 Å². The molecule has 17 heavy (non-hydrogen) atoms. The SMILES string of the molecule is O=C1c2ccccc2C(=O)[C@H]2C1[C@H]1C=C[C@@H]2C1. The highest BCUT2D eigenvalue weighted by Gasteiger charge is 2.54. The van der Waals surface area contributed by atoms with Gasteiger partial charge in [0.1, 0.15) is 0 Å². The third-order valence-corrected chi connectivity index (χ3v) is 4.52. The van der Waals surface area contributed by atoms with Crippen LogP contribution in [0.15, 0.2) is 36.4 Å². The van der Waals surface area contributed by atoms with E-state index in [1.54, 1.807) is 12.1 Å². The van der Waals surface area contributed by atoms with Crippen LogP contribution in [-0.4, -0.2) is 11.6 Å². The summed E-state index contributed by atoms with van der Waals surface area (Å²) in [4.78, 5) is 24.9. The lowest BCUT2D eigenvalue weighted by Gasteiger charge is -2.31. The van der Waals surface area contributed by atoms with Crippen molar-refractivity contribution in [2.24, 2.45) is 23.7 Å². The van der Waals surface area contributed by atoms with Gasteiger partial charge in [0, 0.05) is 23.0 Å². The Hall–Kier alpha value is -1.70. The number of benzene rings is 1. The normalized spacial score (nSPS) is 37.2. The minimum atomic E-state index is -0.0765. The average Bonchev–Trinajstić information content (AvgIpc) is 2.96. The zero-order chi connectivity index (χ0) is 11.6. The summed E-state index contributed by atoms with van der Waals surface area (Å²) in [7, 11) is 0. The van der Waals surface area contributed by atoms with Gasteiger partial charge in [0.25, 0.3) is 0 Å². The number of carbonyl (C=O) groups excluding carboxylic acids is 2. The van der Waals surface area contributed by atoms with Crippen LogP contribution >= 0.6 is 0 Å². The number of Topliss-reactive ketones (excluding diaryl/α,β-unsaturated/α-hetero) is 2. The second-order valence-corrected chi connectivity index (χ2v) is 5.27. The molecule has 84 valence electrons. The fourth-order valence-electron chi connectivity index (χ4n) is 3.81. The van der Waals surface area contributed by atoms with E-state index in [1.807, 2.05) is 12.1 Å². The number of ketones is 2. The molecule has 0 amide bonds. The second kappa shape index (κ2) is 2.95. The number of rotatable bonds is 0. The van der Waals surface area contributed by atoms with Crippen molar-refractivity contribution in [3.05, 3.63) is 47.5 Å². The zero-order valence-electron chi connectivity index (χ0n) is 9.30. The lowest BCUT2D eigenvalue weighted by Crippen LogP contribution is -2.38. The fraction of sp³-hybridized carbons (Fsp3) is 0.333. The Balaban J connectivity index is 1.94. The summed E-state index contributed by atoms with van der Waals surface area (Å²) in [6.07, 6.45) is 5.25. The summed E-state index contributed by atoms with van der Waals surface area (Å²) >= 11 is 0. The van der Waals surface area contributed by atoms with E-state index in [0.717, 1.165) is 6.42 Å². The highest BCUT2D eigenvalue weighted by Crippen LogP contribution is 2.52. The maximum Gasteiger partial charge on any atom is 0.168 e. The van der Waals surface area contributed by atoms with Crippen LogP contribution in [0.2, 0.25) is 0 Å². The van der Waals surface area contributed by atoms with Crippen molar-refractivity contribution in [1.82, 2.24) is 0 Å². The lowest BCUT2D eigenvalue weighted by molar-refractivity contribution is 0.0720. The van der Waals surface area contributed by atoms with Crippen molar-refractivity contribution in [1.29, 1.82) is 0 Å². The van der Waals surface area contributed by atoms with Gasteiger partial charge in [-0.05, 0) is 18.3 Å². The van der Waals surface area contributed by atoms with E-state index in [2.05, 4.69) is 12.2 Å². The molecule has 2 bridgehead atoms. The molecule has 0 aromatic heterocycles. The van der Waals surface area contributed by atoms with Crippen molar-refractivity contribution >= 4 is 11.6 Å². The van der Waals surface area contributed by atoms with Crippen molar-refractivity contribution in [2.45, 2.75) is 6.42 Å². The van der Waals surface area contributed by atoms with Crippen LogP contribution in [-0.2, 0) is 0 Å². The predicted octanol–water partition coefficient (Wildman–Crippen LogP) is 2.50. The highest BCUT2D eigenvalue weighted by atomic mass is 16.1. The molecule has 0 heterocycles. The van der Waals surface area contributed by atoms with Gasteiger partial charge >= 0.3 is 0 Å². The first kappa shape index (κ1) is 9.34. The van der Waals surface area contributed by atoms with Crippen molar-refractivity contribution < 1.29 is 9.59 Å². The van der Waals surface area contributed by atoms with Gasteiger partial charge in [0.2, 0.25) is 0 Å². The van der Waals surface area contributed by atoms with Gasteiger partial charge in [-0.15, -0.1) is 0 Å². The van der Waals surface area contributed by atoms with Crippen LogP contribution in [0.5, 0.6) is 0 Å². The molecule has 0 N–H and O–H groups in total. The highest BCUT2D eigenvalue weighted by molar-refractivity contribution is 6.16. The molecule has 0 saturated heterocycles. The van der Waals surface area contributed by atoms with E-state index in [-0.39, 0.29) is 23.4 Å². The van der Waals surface area contributed by atoms with Crippen LogP contribution < -0.4 is 0 Å². The van der Waals surface area contributed by atoms with Crippen LogP contribution in [0.4, 0.5) is 0 Å². The number of hydrogen-bond donors (Lipinski definition) is 0. The molecular formula is C15H12O2. The van der Waals surface area contributed by atoms with E-state index >= 15 is 0 Å². The number of fused-ring (bicyclic) bond motifs is 6. The second-order valence-electron chi connectivity index (χ2n) is 5.27. The number of allylic oxidation sites excluding steroid dienone is 2. The van der Waals surface area contributed by atoms with Crippen LogP contribution in [0.1, 0.15) is 27.1 Å². The molecule has 4 rings (SSSR count). The van der Waals surface area contributed by atoms with E-state index in [9.17, 15) is 9.59 Å². The third-order valence-electron chi connectivity index (χ3n) is 4.52. The van der Waals surface area contributed by atoms with Crippen LogP contribution in [0, 0.1) is 23.7 Å². The van der Waals surface area contributed by atoms with Crippen molar-refractivity contribution in [2.75, 3.05) is 0 Å². The topological polar surface area (TPSA) is 34.1 Å². The summed E-state index contributed by atoms with van der Waals surface area (Å²) in [5.41, 5.74) is 1.28. The van der Waals surface area contributed by atoms with E-state index in [0.29, 0.717) is 23.0 Å². The molecule has 2 heteroatoms. The molecule has 1 saturated carbocycles. The Kier molecular flexibility index (Phi) is 1.62. The molecule has 0 spiro atoms. The Bertz CT molecular complexity index is 521. The quantitative estimate of drug-likeness (QED) is 0.634. The first-order chi connectivity index (χ1) is 8.27. The minimum Gasteiger partial charge on any atom is -0.294 e. The molecule has 3 aliphatic carbocycles. The monoisotopic (exact) mass is 224 g/mol. The van der Waals surface area contributed by atoms with Gasteiger partial charge in [0.05, 0.1) is 0 Å². The third kappa shape index (κ3) is 1.01. The zero-order valence-corrected chi connectivity index (χ0v) is 9.30. The van der Waals surface area contributed by atoms with Gasteiger partial charge in [-0.2, -0.15) is 0 Å². The van der Waals surface area contributed by atoms with Gasteiger partial charge in [-0.1, -0.05) is 36.4 Å². The van der Waals surface area contributed by atoms with Crippen molar-refractivity contribution in [3.8, 4) is 0 Å². The first-order valence-electron chi connectivity index (χ1n) is 6.13. The van der Waals surface area contributed by atoms with Gasteiger partial charge in [0.15, 0.2) is 11.6 Å². The van der Waals surface area contributed by atoms with Crippen LogP contribution in [0.3, 0.4) is 0 Å². The minimum absolute atomic E-state index is 0.0765. The van der Waals surface area contributed by atoms with Gasteiger partial charge in [-0.25, -0.2) is 0 Å². The van der Waals surface area contributed by atoms with E-state index < -0.39 is 0 Å². The molecular weight excluding hydrogens is 212 g/mol. The van der Waals surface area contributed by atoms with E-state index in [4.69, 9.17) is 0 Å². The molecule has 1 aromatic carbocycles. The first-order valence-corrected chi connectivity index (χ1v) is 6.13. The van der Waals surface area contributed by atoms with Gasteiger partial charge < -0.3 is 0 Å². The van der Waals surface area contributed by atoms with E-state index in [1.165, 1.54) is 0 Å². The van der Waals surface area contributed by atoms with Gasteiger partial charge in [-0.3, -0.25) is 9.59 Å². The molecule has 4 atom stereocenters. The molecule has 0 radical (unpaired) electrons. The summed E-state index contributed by atoms with van der Waals surface area (Å²) in [6.45, 7) is 0. The summed E-state index contributed by atoms with van der Waals surface area (Å²) < 4.78 is 0. The molecule has 0 aliphatic heterocycles. The largest absolute Gasteiger partial charge is 0.294 e. The molecule has 3 aliphatic rings. The molecule has 1 aromatic rings. The summed E-state index contributed by atoms with van der Waals surface area (Å²) in [5, 5.41) is 0. The van der Waals surface area contributed by atoms with Crippen molar-refractivity contribution in [3.63, 3.8) is 0 Å². The maximum atomic E-state index is 12.4. The Morgan fingerprint density at radius 1 is 0.824 bits per heavy atom. The average molecular weight is 224 g/mol. The fourth-order valence-corrected chi connectivity index (χ4v) is 3.81. The Morgan fingerprint density at radius 2 is 1.29 bits per heavy atom. The summed E-state index contributed by atoms with van der Waals surface area (Å²) in [6, 6.07) is 7.27. The molecule has 1 unspecified atom stereocenters.